The molecule has 100 valence electrons. The minimum absolute atomic E-state index is 0.138. The predicted octanol–water partition coefficient (Wildman–Crippen LogP) is 1.40. The number of ether oxygens (including phenoxy) is 1. The average molecular weight is 242 g/mol. The van der Waals surface area contributed by atoms with Gasteiger partial charge < -0.3 is 10.1 Å². The molecule has 1 saturated heterocycles. The Morgan fingerprint density at radius 2 is 1.76 bits per heavy atom. The van der Waals surface area contributed by atoms with E-state index < -0.39 is 0 Å². The summed E-state index contributed by atoms with van der Waals surface area (Å²) in [5.74, 6) is 0.138. The Labute approximate surface area is 105 Å². The van der Waals surface area contributed by atoms with Crippen molar-refractivity contribution in [3.05, 3.63) is 0 Å². The molecule has 1 rings (SSSR count). The molecule has 1 fully saturated rings. The lowest BCUT2D eigenvalue weighted by Gasteiger charge is -2.31. The summed E-state index contributed by atoms with van der Waals surface area (Å²) in [6.07, 6.45) is 1.88. The Hall–Kier alpha value is -0.610. The van der Waals surface area contributed by atoms with Gasteiger partial charge in [-0.1, -0.05) is 0 Å². The van der Waals surface area contributed by atoms with Crippen LogP contribution in [0.1, 0.15) is 40.5 Å². The number of amides is 1. The Kier molecular flexibility index (Phi) is 5.92. The highest BCUT2D eigenvalue weighted by Gasteiger charge is 2.20. The van der Waals surface area contributed by atoms with Crippen molar-refractivity contribution >= 4 is 5.91 Å². The summed E-state index contributed by atoms with van der Waals surface area (Å²) in [5, 5.41) is 3.10. The van der Waals surface area contributed by atoms with E-state index in [1.165, 1.54) is 0 Å². The van der Waals surface area contributed by atoms with Gasteiger partial charge in [0, 0.05) is 31.3 Å². The Balaban J connectivity index is 2.36. The zero-order valence-electron chi connectivity index (χ0n) is 11.5. The van der Waals surface area contributed by atoms with Crippen LogP contribution >= 0.6 is 0 Å². The van der Waals surface area contributed by atoms with Crippen molar-refractivity contribution in [3.63, 3.8) is 0 Å². The van der Waals surface area contributed by atoms with Crippen LogP contribution in [-0.2, 0) is 9.53 Å². The van der Waals surface area contributed by atoms with E-state index in [2.05, 4.69) is 37.9 Å². The zero-order valence-corrected chi connectivity index (χ0v) is 11.5. The van der Waals surface area contributed by atoms with Gasteiger partial charge >= 0.3 is 0 Å². The molecular weight excluding hydrogens is 216 g/mol. The van der Waals surface area contributed by atoms with E-state index in [4.69, 9.17) is 4.74 Å². The SMILES string of the molecule is CC(C)N(CC(=O)NC1CCOCC1)C(C)C. The van der Waals surface area contributed by atoms with Crippen LogP contribution in [0.3, 0.4) is 0 Å². The van der Waals surface area contributed by atoms with Crippen molar-refractivity contribution in [1.29, 1.82) is 0 Å². The summed E-state index contributed by atoms with van der Waals surface area (Å²) in [5.41, 5.74) is 0. The third-order valence-electron chi connectivity index (χ3n) is 3.24. The van der Waals surface area contributed by atoms with E-state index in [1.54, 1.807) is 0 Å². The van der Waals surface area contributed by atoms with Gasteiger partial charge in [-0.05, 0) is 40.5 Å². The van der Waals surface area contributed by atoms with E-state index >= 15 is 0 Å². The van der Waals surface area contributed by atoms with Crippen molar-refractivity contribution in [2.45, 2.75) is 58.7 Å². The highest BCUT2D eigenvalue weighted by Crippen LogP contribution is 2.07. The van der Waals surface area contributed by atoms with Crippen molar-refractivity contribution in [2.24, 2.45) is 0 Å². The van der Waals surface area contributed by atoms with Crippen LogP contribution in [-0.4, -0.2) is 48.7 Å². The lowest BCUT2D eigenvalue weighted by atomic mass is 10.1. The largest absolute Gasteiger partial charge is 0.381 e. The summed E-state index contributed by atoms with van der Waals surface area (Å²) in [7, 11) is 0. The second-order valence-corrected chi connectivity index (χ2v) is 5.31. The molecule has 1 N–H and O–H groups in total. The standard InChI is InChI=1S/C13H26N2O2/c1-10(2)15(11(3)4)9-13(16)14-12-5-7-17-8-6-12/h10-12H,5-9H2,1-4H3,(H,14,16). The number of hydrogen-bond acceptors (Lipinski definition) is 3. The summed E-state index contributed by atoms with van der Waals surface area (Å²) >= 11 is 0. The van der Waals surface area contributed by atoms with E-state index in [1.807, 2.05) is 0 Å². The van der Waals surface area contributed by atoms with Crippen LogP contribution in [0.25, 0.3) is 0 Å². The fourth-order valence-corrected chi connectivity index (χ4v) is 2.24. The topological polar surface area (TPSA) is 41.6 Å². The average Bonchev–Trinajstić information content (AvgIpc) is 2.26. The first-order chi connectivity index (χ1) is 8.00. The van der Waals surface area contributed by atoms with E-state index in [0.29, 0.717) is 24.7 Å². The monoisotopic (exact) mass is 242 g/mol. The van der Waals surface area contributed by atoms with Crippen molar-refractivity contribution in [2.75, 3.05) is 19.8 Å². The van der Waals surface area contributed by atoms with E-state index in [-0.39, 0.29) is 5.91 Å². The van der Waals surface area contributed by atoms with Crippen molar-refractivity contribution < 1.29 is 9.53 Å². The second kappa shape index (κ2) is 6.97. The van der Waals surface area contributed by atoms with Crippen molar-refractivity contribution in [1.82, 2.24) is 10.2 Å². The minimum Gasteiger partial charge on any atom is -0.381 e. The Bertz CT molecular complexity index is 228. The van der Waals surface area contributed by atoms with Crippen molar-refractivity contribution in [3.8, 4) is 0 Å². The lowest BCUT2D eigenvalue weighted by Crippen LogP contribution is -2.47. The number of carbonyl (C=O) groups excluding carboxylic acids is 1. The fraction of sp³-hybridized carbons (Fsp3) is 0.923. The van der Waals surface area contributed by atoms with Gasteiger partial charge in [-0.2, -0.15) is 0 Å². The molecule has 0 bridgehead atoms. The molecule has 0 spiro atoms. The van der Waals surface area contributed by atoms with Crippen LogP contribution in [0.2, 0.25) is 0 Å². The van der Waals surface area contributed by atoms with E-state index in [0.717, 1.165) is 26.1 Å². The third-order valence-corrected chi connectivity index (χ3v) is 3.24. The minimum atomic E-state index is 0.138. The number of rotatable bonds is 5. The molecule has 0 aromatic rings. The van der Waals surface area contributed by atoms with Crippen LogP contribution in [0.15, 0.2) is 0 Å². The number of hydrogen-bond donors (Lipinski definition) is 1. The van der Waals surface area contributed by atoms with Gasteiger partial charge in [0.15, 0.2) is 0 Å². The molecule has 4 heteroatoms. The molecule has 1 aliphatic heterocycles. The molecule has 1 aliphatic rings. The van der Waals surface area contributed by atoms with Gasteiger partial charge in [0.25, 0.3) is 0 Å². The van der Waals surface area contributed by atoms with Gasteiger partial charge in [-0.3, -0.25) is 9.69 Å². The Morgan fingerprint density at radius 3 is 2.24 bits per heavy atom. The summed E-state index contributed by atoms with van der Waals surface area (Å²) in [4.78, 5) is 14.1. The van der Waals surface area contributed by atoms with Crippen LogP contribution in [0.4, 0.5) is 0 Å². The van der Waals surface area contributed by atoms with Gasteiger partial charge in [0.05, 0.1) is 6.54 Å². The van der Waals surface area contributed by atoms with Crippen LogP contribution in [0.5, 0.6) is 0 Å². The van der Waals surface area contributed by atoms with Gasteiger partial charge in [-0.15, -0.1) is 0 Å². The summed E-state index contributed by atoms with van der Waals surface area (Å²) < 4.78 is 5.28. The molecule has 17 heavy (non-hydrogen) atoms. The molecule has 0 aromatic carbocycles. The van der Waals surface area contributed by atoms with Gasteiger partial charge in [-0.25, -0.2) is 0 Å². The normalized spacial score (nSPS) is 18.1. The first-order valence-electron chi connectivity index (χ1n) is 6.63. The molecule has 0 unspecified atom stereocenters. The highest BCUT2D eigenvalue weighted by atomic mass is 16.5. The van der Waals surface area contributed by atoms with Gasteiger partial charge in [0.1, 0.15) is 0 Å². The molecule has 0 saturated carbocycles. The lowest BCUT2D eigenvalue weighted by molar-refractivity contribution is -0.124. The molecular formula is C13H26N2O2. The second-order valence-electron chi connectivity index (χ2n) is 5.31. The first-order valence-corrected chi connectivity index (χ1v) is 6.63. The maximum atomic E-state index is 11.9. The maximum Gasteiger partial charge on any atom is 0.234 e. The summed E-state index contributed by atoms with van der Waals surface area (Å²) in [6, 6.07) is 1.10. The van der Waals surface area contributed by atoms with Crippen LogP contribution in [0, 0.1) is 0 Å². The van der Waals surface area contributed by atoms with Crippen LogP contribution < -0.4 is 5.32 Å². The first kappa shape index (κ1) is 14.5. The molecule has 0 radical (unpaired) electrons. The quantitative estimate of drug-likeness (QED) is 0.792. The predicted molar refractivity (Wildman–Crippen MR) is 69.0 cm³/mol. The molecule has 1 heterocycles. The molecule has 0 aliphatic carbocycles. The molecule has 0 atom stereocenters. The zero-order chi connectivity index (χ0) is 12.8. The Morgan fingerprint density at radius 1 is 1.24 bits per heavy atom. The smallest absolute Gasteiger partial charge is 0.234 e. The molecule has 4 nitrogen and oxygen atoms in total. The van der Waals surface area contributed by atoms with E-state index in [9.17, 15) is 4.79 Å². The number of carbonyl (C=O) groups is 1. The molecule has 0 aromatic heterocycles. The third kappa shape index (κ3) is 5.04. The summed E-state index contributed by atoms with van der Waals surface area (Å²) in [6.45, 7) is 10.5. The maximum absolute atomic E-state index is 11.9. The van der Waals surface area contributed by atoms with Gasteiger partial charge in [0.2, 0.25) is 5.91 Å². The molecule has 1 amide bonds. The number of nitrogens with zero attached hydrogens (tertiary/aromatic N) is 1. The fourth-order valence-electron chi connectivity index (χ4n) is 2.24. The highest BCUT2D eigenvalue weighted by molar-refractivity contribution is 5.78. The number of nitrogens with one attached hydrogen (secondary N) is 1.